The van der Waals surface area contributed by atoms with E-state index in [4.69, 9.17) is 14.2 Å². The smallest absolute Gasteiger partial charge is 0.306 e. The van der Waals surface area contributed by atoms with E-state index in [0.29, 0.717) is 38.8 Å². The molecule has 4 nitrogen and oxygen atoms in total. The second kappa shape index (κ2) is 9.39. The summed E-state index contributed by atoms with van der Waals surface area (Å²) >= 11 is 0. The lowest BCUT2D eigenvalue weighted by atomic mass is 10.1. The minimum Gasteiger partial charge on any atom is -0.491 e. The minimum absolute atomic E-state index is 0.167. The molecule has 0 atom stereocenters. The molecule has 0 radical (unpaired) electrons. The maximum atomic E-state index is 11.2. The van der Waals surface area contributed by atoms with Crippen LogP contribution in [0.1, 0.15) is 20.3 Å². The van der Waals surface area contributed by atoms with Crippen LogP contribution in [0.5, 0.6) is 5.75 Å². The summed E-state index contributed by atoms with van der Waals surface area (Å²) in [6, 6.07) is 9.57. The number of rotatable bonds is 9. The highest BCUT2D eigenvalue weighted by Gasteiger charge is 2.05. The van der Waals surface area contributed by atoms with Gasteiger partial charge < -0.3 is 14.2 Å². The van der Waals surface area contributed by atoms with Crippen LogP contribution in [0.15, 0.2) is 30.3 Å². The Bertz CT molecular complexity index is 348. The zero-order chi connectivity index (χ0) is 13.9. The molecule has 4 heteroatoms. The van der Waals surface area contributed by atoms with E-state index >= 15 is 0 Å². The van der Waals surface area contributed by atoms with Crippen molar-refractivity contribution in [2.24, 2.45) is 5.92 Å². The molecule has 0 bridgehead atoms. The lowest BCUT2D eigenvalue weighted by molar-refractivity contribution is -0.146. The molecule has 0 saturated carbocycles. The molecule has 106 valence electrons. The Kier molecular flexibility index (Phi) is 7.66. The molecule has 0 aliphatic heterocycles. The van der Waals surface area contributed by atoms with Crippen LogP contribution in [-0.2, 0) is 14.3 Å². The summed E-state index contributed by atoms with van der Waals surface area (Å²) in [6.45, 7) is 5.65. The maximum absolute atomic E-state index is 11.2. The number of para-hydroxylation sites is 1. The molecule has 0 aromatic heterocycles. The van der Waals surface area contributed by atoms with Crippen molar-refractivity contribution in [3.8, 4) is 5.75 Å². The fourth-order valence-electron chi connectivity index (χ4n) is 1.44. The molecule has 1 rings (SSSR count). The summed E-state index contributed by atoms with van der Waals surface area (Å²) in [5.74, 6) is 0.987. The zero-order valence-electron chi connectivity index (χ0n) is 11.6. The van der Waals surface area contributed by atoms with E-state index in [0.717, 1.165) is 5.75 Å². The van der Waals surface area contributed by atoms with Crippen LogP contribution in [0.2, 0.25) is 0 Å². The van der Waals surface area contributed by atoms with Crippen LogP contribution >= 0.6 is 0 Å². The topological polar surface area (TPSA) is 44.8 Å². The van der Waals surface area contributed by atoms with Gasteiger partial charge in [0.1, 0.15) is 19.0 Å². The Labute approximate surface area is 114 Å². The van der Waals surface area contributed by atoms with E-state index in [1.54, 1.807) is 0 Å². The normalized spacial score (nSPS) is 10.5. The lowest BCUT2D eigenvalue weighted by Gasteiger charge is -2.08. The van der Waals surface area contributed by atoms with Gasteiger partial charge in [0.05, 0.1) is 13.2 Å². The van der Waals surface area contributed by atoms with Gasteiger partial charge in [0.2, 0.25) is 0 Å². The fraction of sp³-hybridized carbons (Fsp3) is 0.533. The molecule has 0 unspecified atom stereocenters. The lowest BCUT2D eigenvalue weighted by Crippen LogP contribution is -2.14. The van der Waals surface area contributed by atoms with Gasteiger partial charge in [0.15, 0.2) is 0 Å². The number of carbonyl (C=O) groups is 1. The minimum atomic E-state index is -0.167. The van der Waals surface area contributed by atoms with Crippen molar-refractivity contribution in [2.45, 2.75) is 20.3 Å². The van der Waals surface area contributed by atoms with Crippen molar-refractivity contribution >= 4 is 5.97 Å². The number of benzene rings is 1. The van der Waals surface area contributed by atoms with Crippen molar-refractivity contribution in [3.05, 3.63) is 30.3 Å². The number of esters is 1. The van der Waals surface area contributed by atoms with Crippen molar-refractivity contribution in [3.63, 3.8) is 0 Å². The zero-order valence-corrected chi connectivity index (χ0v) is 11.6. The van der Waals surface area contributed by atoms with Crippen LogP contribution in [0.25, 0.3) is 0 Å². The molecule has 1 aromatic rings. The molecule has 19 heavy (non-hydrogen) atoms. The Morgan fingerprint density at radius 2 is 1.74 bits per heavy atom. The molecule has 0 aliphatic rings. The van der Waals surface area contributed by atoms with Gasteiger partial charge in [-0.3, -0.25) is 4.79 Å². The largest absolute Gasteiger partial charge is 0.491 e. The summed E-state index contributed by atoms with van der Waals surface area (Å²) < 4.78 is 15.8. The summed E-state index contributed by atoms with van der Waals surface area (Å²) in [7, 11) is 0. The van der Waals surface area contributed by atoms with E-state index < -0.39 is 0 Å². The second-order valence-electron chi connectivity index (χ2n) is 4.59. The van der Waals surface area contributed by atoms with Crippen molar-refractivity contribution in [2.75, 3.05) is 26.4 Å². The highest BCUT2D eigenvalue weighted by molar-refractivity contribution is 5.69. The number of ether oxygens (including phenoxy) is 3. The molecule has 0 N–H and O–H groups in total. The van der Waals surface area contributed by atoms with Crippen molar-refractivity contribution < 1.29 is 19.0 Å². The predicted molar refractivity (Wildman–Crippen MR) is 73.2 cm³/mol. The summed E-state index contributed by atoms with van der Waals surface area (Å²) in [5.41, 5.74) is 0. The van der Waals surface area contributed by atoms with Gasteiger partial charge in [-0.05, 0) is 18.1 Å². The maximum Gasteiger partial charge on any atom is 0.306 e. The fourth-order valence-corrected chi connectivity index (χ4v) is 1.44. The molecule has 0 saturated heterocycles. The van der Waals surface area contributed by atoms with E-state index in [9.17, 15) is 4.79 Å². The van der Waals surface area contributed by atoms with Gasteiger partial charge in [-0.1, -0.05) is 32.0 Å². The average molecular weight is 266 g/mol. The van der Waals surface area contributed by atoms with Gasteiger partial charge in [-0.2, -0.15) is 0 Å². The first-order valence-corrected chi connectivity index (χ1v) is 6.59. The SMILES string of the molecule is CC(C)CC(=O)OCCOCCOc1ccccc1. The van der Waals surface area contributed by atoms with Crippen molar-refractivity contribution in [1.82, 2.24) is 0 Å². The quantitative estimate of drug-likeness (QED) is 0.509. The van der Waals surface area contributed by atoms with Crippen LogP contribution in [0, 0.1) is 5.92 Å². The standard InChI is InChI=1S/C15H22O4/c1-13(2)12-15(16)19-11-9-17-8-10-18-14-6-4-3-5-7-14/h3-7,13H,8-12H2,1-2H3. The van der Waals surface area contributed by atoms with Gasteiger partial charge in [0, 0.05) is 6.42 Å². The Hall–Kier alpha value is -1.55. The van der Waals surface area contributed by atoms with Gasteiger partial charge in [0.25, 0.3) is 0 Å². The Morgan fingerprint density at radius 1 is 1.05 bits per heavy atom. The highest BCUT2D eigenvalue weighted by atomic mass is 16.6. The molecular weight excluding hydrogens is 244 g/mol. The number of hydrogen-bond donors (Lipinski definition) is 0. The third-order valence-electron chi connectivity index (χ3n) is 2.31. The first-order valence-electron chi connectivity index (χ1n) is 6.59. The predicted octanol–water partition coefficient (Wildman–Crippen LogP) is 2.67. The first-order chi connectivity index (χ1) is 9.18. The third kappa shape index (κ3) is 8.21. The Morgan fingerprint density at radius 3 is 2.42 bits per heavy atom. The molecule has 0 aliphatic carbocycles. The van der Waals surface area contributed by atoms with Crippen LogP contribution in [-0.4, -0.2) is 32.4 Å². The number of hydrogen-bond acceptors (Lipinski definition) is 4. The van der Waals surface area contributed by atoms with Crippen LogP contribution in [0.4, 0.5) is 0 Å². The Balaban J connectivity index is 1.93. The molecule has 0 spiro atoms. The monoisotopic (exact) mass is 266 g/mol. The molecular formula is C15H22O4. The van der Waals surface area contributed by atoms with Gasteiger partial charge in [-0.15, -0.1) is 0 Å². The molecule has 0 amide bonds. The van der Waals surface area contributed by atoms with Gasteiger partial charge in [-0.25, -0.2) is 0 Å². The van der Waals surface area contributed by atoms with Crippen molar-refractivity contribution in [1.29, 1.82) is 0 Å². The van der Waals surface area contributed by atoms with E-state index in [-0.39, 0.29) is 5.97 Å². The van der Waals surface area contributed by atoms with E-state index in [1.165, 1.54) is 0 Å². The highest BCUT2D eigenvalue weighted by Crippen LogP contribution is 2.07. The molecule has 0 heterocycles. The average Bonchev–Trinajstić information content (AvgIpc) is 2.38. The van der Waals surface area contributed by atoms with E-state index in [2.05, 4.69) is 0 Å². The molecule has 0 fully saturated rings. The van der Waals surface area contributed by atoms with E-state index in [1.807, 2.05) is 44.2 Å². The summed E-state index contributed by atoms with van der Waals surface area (Å²) in [6.07, 6.45) is 0.455. The second-order valence-corrected chi connectivity index (χ2v) is 4.59. The summed E-state index contributed by atoms with van der Waals surface area (Å²) in [5, 5.41) is 0. The van der Waals surface area contributed by atoms with Crippen LogP contribution < -0.4 is 4.74 Å². The molecule has 1 aromatic carbocycles. The summed E-state index contributed by atoms with van der Waals surface area (Å²) in [4.78, 5) is 11.2. The van der Waals surface area contributed by atoms with Gasteiger partial charge >= 0.3 is 5.97 Å². The third-order valence-corrected chi connectivity index (χ3v) is 2.31. The van der Waals surface area contributed by atoms with Crippen LogP contribution in [0.3, 0.4) is 0 Å². The first kappa shape index (κ1) is 15.5. The number of carbonyl (C=O) groups excluding carboxylic acids is 1.